The Balaban J connectivity index is 2.57. The van der Waals surface area contributed by atoms with Gasteiger partial charge < -0.3 is 4.74 Å². The van der Waals surface area contributed by atoms with Gasteiger partial charge >= 0.3 is 5.97 Å². The number of carbonyl (C=O) groups excluding carboxylic acids is 1. The second-order valence-corrected chi connectivity index (χ2v) is 5.01. The molecule has 0 aliphatic carbocycles. The van der Waals surface area contributed by atoms with Crippen LogP contribution < -0.4 is 0 Å². The highest BCUT2D eigenvalue weighted by molar-refractivity contribution is 5.73. The molecule has 2 atom stereocenters. The van der Waals surface area contributed by atoms with E-state index in [0.717, 1.165) is 0 Å². The summed E-state index contributed by atoms with van der Waals surface area (Å²) < 4.78 is 5.27. The molecule has 2 nitrogen and oxygen atoms in total. The molecule has 1 rings (SSSR count). The Morgan fingerprint density at radius 3 is 2.24 bits per heavy atom. The van der Waals surface area contributed by atoms with Gasteiger partial charge in [0.2, 0.25) is 0 Å². The molecule has 0 aliphatic heterocycles. The Bertz CT molecular complexity index is 343. The summed E-state index contributed by atoms with van der Waals surface area (Å²) in [6, 6.07) is 10.1. The lowest BCUT2D eigenvalue weighted by Gasteiger charge is -2.19. The summed E-state index contributed by atoms with van der Waals surface area (Å²) in [5.41, 5.74) is 1.18. The summed E-state index contributed by atoms with van der Waals surface area (Å²) in [7, 11) is 0. The Labute approximate surface area is 104 Å². The molecule has 0 saturated heterocycles. The number of rotatable bonds is 5. The van der Waals surface area contributed by atoms with Crippen molar-refractivity contribution in [2.75, 3.05) is 6.61 Å². The van der Waals surface area contributed by atoms with E-state index in [1.54, 1.807) is 0 Å². The van der Waals surface area contributed by atoms with Crippen LogP contribution in [0.3, 0.4) is 0 Å². The Morgan fingerprint density at radius 2 is 1.71 bits per heavy atom. The first-order valence-corrected chi connectivity index (χ1v) is 6.24. The molecule has 0 saturated carbocycles. The standard InChI is InChI=1S/C15H22O2/c1-11(2)10-17-15(16)13(4)12(3)14-8-6-5-7-9-14/h5-9,11-13H,10H2,1-4H3. The first-order chi connectivity index (χ1) is 8.02. The van der Waals surface area contributed by atoms with Gasteiger partial charge in [-0.2, -0.15) is 0 Å². The third kappa shape index (κ3) is 4.22. The fourth-order valence-corrected chi connectivity index (χ4v) is 1.63. The number of hydrogen-bond donors (Lipinski definition) is 0. The van der Waals surface area contributed by atoms with Crippen molar-refractivity contribution < 1.29 is 9.53 Å². The van der Waals surface area contributed by atoms with E-state index in [2.05, 4.69) is 19.1 Å². The molecule has 17 heavy (non-hydrogen) atoms. The van der Waals surface area contributed by atoms with Crippen molar-refractivity contribution in [3.8, 4) is 0 Å². The summed E-state index contributed by atoms with van der Waals surface area (Å²) >= 11 is 0. The monoisotopic (exact) mass is 234 g/mol. The summed E-state index contributed by atoms with van der Waals surface area (Å²) in [4.78, 5) is 11.8. The largest absolute Gasteiger partial charge is 0.465 e. The number of carbonyl (C=O) groups is 1. The van der Waals surface area contributed by atoms with Gasteiger partial charge in [-0.15, -0.1) is 0 Å². The topological polar surface area (TPSA) is 26.3 Å². The number of benzene rings is 1. The van der Waals surface area contributed by atoms with E-state index >= 15 is 0 Å². The molecule has 94 valence electrons. The molecule has 0 bridgehead atoms. The van der Waals surface area contributed by atoms with E-state index in [0.29, 0.717) is 12.5 Å². The maximum absolute atomic E-state index is 11.8. The summed E-state index contributed by atoms with van der Waals surface area (Å²) in [6.07, 6.45) is 0. The number of esters is 1. The van der Waals surface area contributed by atoms with E-state index in [1.165, 1.54) is 5.56 Å². The highest BCUT2D eigenvalue weighted by Gasteiger charge is 2.22. The Morgan fingerprint density at radius 1 is 1.12 bits per heavy atom. The van der Waals surface area contributed by atoms with Gasteiger partial charge in [0.15, 0.2) is 0 Å². The summed E-state index contributed by atoms with van der Waals surface area (Å²) in [6.45, 7) is 8.58. The molecule has 0 fully saturated rings. The molecule has 0 aliphatic rings. The quantitative estimate of drug-likeness (QED) is 0.727. The Kier molecular flexibility index (Phi) is 5.20. The van der Waals surface area contributed by atoms with Crippen LogP contribution in [-0.4, -0.2) is 12.6 Å². The third-order valence-electron chi connectivity index (χ3n) is 3.01. The van der Waals surface area contributed by atoms with Crippen LogP contribution in [0.25, 0.3) is 0 Å². The predicted octanol–water partition coefficient (Wildman–Crippen LogP) is 3.63. The molecule has 2 unspecified atom stereocenters. The summed E-state index contributed by atoms with van der Waals surface area (Å²) in [5, 5.41) is 0. The highest BCUT2D eigenvalue weighted by Crippen LogP contribution is 2.24. The SMILES string of the molecule is CC(C)COC(=O)C(C)C(C)c1ccccc1. The lowest BCUT2D eigenvalue weighted by atomic mass is 9.89. The summed E-state index contributed by atoms with van der Waals surface area (Å²) in [5.74, 6) is 0.375. The molecule has 0 spiro atoms. The van der Waals surface area contributed by atoms with Gasteiger partial charge in [-0.3, -0.25) is 4.79 Å². The maximum atomic E-state index is 11.8. The minimum absolute atomic E-state index is 0.101. The van der Waals surface area contributed by atoms with Crippen LogP contribution in [0.1, 0.15) is 39.2 Å². The zero-order valence-corrected chi connectivity index (χ0v) is 11.1. The van der Waals surface area contributed by atoms with Crippen LogP contribution in [0.4, 0.5) is 0 Å². The molecule has 0 heterocycles. The first-order valence-electron chi connectivity index (χ1n) is 6.24. The highest BCUT2D eigenvalue weighted by atomic mass is 16.5. The number of ether oxygens (including phenoxy) is 1. The van der Waals surface area contributed by atoms with Crippen molar-refractivity contribution in [3.05, 3.63) is 35.9 Å². The molecule has 0 amide bonds. The van der Waals surface area contributed by atoms with Crippen molar-refractivity contribution in [1.82, 2.24) is 0 Å². The molecular weight excluding hydrogens is 212 g/mol. The minimum atomic E-state index is -0.102. The molecule has 0 aromatic heterocycles. The fraction of sp³-hybridized carbons (Fsp3) is 0.533. The van der Waals surface area contributed by atoms with Crippen molar-refractivity contribution >= 4 is 5.97 Å². The zero-order valence-electron chi connectivity index (χ0n) is 11.1. The lowest BCUT2D eigenvalue weighted by molar-refractivity contribution is -0.149. The van der Waals surface area contributed by atoms with Crippen LogP contribution >= 0.6 is 0 Å². The predicted molar refractivity (Wildman–Crippen MR) is 69.8 cm³/mol. The van der Waals surface area contributed by atoms with Crippen LogP contribution in [0, 0.1) is 11.8 Å². The van der Waals surface area contributed by atoms with Gasteiger partial charge in [0.05, 0.1) is 12.5 Å². The zero-order chi connectivity index (χ0) is 12.8. The lowest BCUT2D eigenvalue weighted by Crippen LogP contribution is -2.22. The van der Waals surface area contributed by atoms with Gasteiger partial charge in [-0.05, 0) is 17.4 Å². The molecule has 0 radical (unpaired) electrons. The van der Waals surface area contributed by atoms with Crippen LogP contribution in [0.5, 0.6) is 0 Å². The van der Waals surface area contributed by atoms with E-state index < -0.39 is 0 Å². The van der Waals surface area contributed by atoms with Crippen molar-refractivity contribution in [1.29, 1.82) is 0 Å². The molecule has 1 aromatic rings. The van der Waals surface area contributed by atoms with Gasteiger partial charge in [0.25, 0.3) is 0 Å². The third-order valence-corrected chi connectivity index (χ3v) is 3.01. The second-order valence-electron chi connectivity index (χ2n) is 5.01. The average Bonchev–Trinajstić information content (AvgIpc) is 2.35. The molecular formula is C15H22O2. The fourth-order valence-electron chi connectivity index (χ4n) is 1.63. The number of hydrogen-bond acceptors (Lipinski definition) is 2. The smallest absolute Gasteiger partial charge is 0.309 e. The van der Waals surface area contributed by atoms with Gasteiger partial charge in [0.1, 0.15) is 0 Å². The minimum Gasteiger partial charge on any atom is -0.465 e. The van der Waals surface area contributed by atoms with Crippen LogP contribution in [0.2, 0.25) is 0 Å². The van der Waals surface area contributed by atoms with Crippen LogP contribution in [-0.2, 0) is 9.53 Å². The first kappa shape index (κ1) is 13.8. The molecule has 1 aromatic carbocycles. The Hall–Kier alpha value is -1.31. The average molecular weight is 234 g/mol. The van der Waals surface area contributed by atoms with Gasteiger partial charge in [-0.1, -0.05) is 58.0 Å². The van der Waals surface area contributed by atoms with Crippen molar-refractivity contribution in [2.24, 2.45) is 11.8 Å². The maximum Gasteiger partial charge on any atom is 0.309 e. The normalized spacial score (nSPS) is 14.4. The van der Waals surface area contributed by atoms with Crippen LogP contribution in [0.15, 0.2) is 30.3 Å². The van der Waals surface area contributed by atoms with E-state index in [1.807, 2.05) is 39.0 Å². The van der Waals surface area contributed by atoms with Crippen molar-refractivity contribution in [2.45, 2.75) is 33.6 Å². The van der Waals surface area contributed by atoms with Gasteiger partial charge in [0, 0.05) is 0 Å². The molecule has 2 heteroatoms. The van der Waals surface area contributed by atoms with Crippen molar-refractivity contribution in [3.63, 3.8) is 0 Å². The van der Waals surface area contributed by atoms with E-state index in [-0.39, 0.29) is 17.8 Å². The van der Waals surface area contributed by atoms with Gasteiger partial charge in [-0.25, -0.2) is 0 Å². The van der Waals surface area contributed by atoms with E-state index in [4.69, 9.17) is 4.74 Å². The van der Waals surface area contributed by atoms with E-state index in [9.17, 15) is 4.79 Å². The molecule has 0 N–H and O–H groups in total. The second kappa shape index (κ2) is 6.43.